The first kappa shape index (κ1) is 35.3. The Morgan fingerprint density at radius 1 is 1.02 bits per heavy atom. The number of halogens is 1. The van der Waals surface area contributed by atoms with Crippen LogP contribution in [-0.4, -0.2) is 89.8 Å². The zero-order valence-electron chi connectivity index (χ0n) is 26.0. The van der Waals surface area contributed by atoms with Crippen molar-refractivity contribution in [3.8, 4) is 0 Å². The second-order valence-corrected chi connectivity index (χ2v) is 13.4. The number of nitro groups is 1. The molecule has 1 aliphatic rings. The lowest BCUT2D eigenvalue weighted by Gasteiger charge is -2.32. The lowest BCUT2D eigenvalue weighted by atomic mass is 10.1. The highest BCUT2D eigenvalue weighted by atomic mass is 35.5. The van der Waals surface area contributed by atoms with Gasteiger partial charge in [0.1, 0.15) is 0 Å². The van der Waals surface area contributed by atoms with Gasteiger partial charge in [0, 0.05) is 45.3 Å². The largest absolute Gasteiger partial charge is 0.478 e. The average molecular weight is 687 g/mol. The summed E-state index contributed by atoms with van der Waals surface area (Å²) in [6, 6.07) is 16.2. The number of hydrogen-bond acceptors (Lipinski definition) is 9. The van der Waals surface area contributed by atoms with E-state index in [2.05, 4.69) is 5.32 Å². The lowest BCUT2D eigenvalue weighted by molar-refractivity contribution is -0.387. The molecule has 1 aliphatic heterocycles. The first-order chi connectivity index (χ1) is 22.2. The van der Waals surface area contributed by atoms with E-state index in [4.69, 9.17) is 11.6 Å². The Bertz CT molecular complexity index is 1760. The molecule has 250 valence electrons. The molecule has 14 nitrogen and oxygen atoms in total. The third-order valence-corrected chi connectivity index (χ3v) is 10.1. The number of nitrogens with one attached hydrogen (secondary N) is 1. The van der Waals surface area contributed by atoms with Crippen LogP contribution in [0, 0.1) is 10.1 Å². The second kappa shape index (κ2) is 14.9. The van der Waals surface area contributed by atoms with Crippen LogP contribution in [0.25, 0.3) is 0 Å². The van der Waals surface area contributed by atoms with Crippen LogP contribution in [0.3, 0.4) is 0 Å². The van der Waals surface area contributed by atoms with Crippen LogP contribution < -0.4 is 10.2 Å². The summed E-state index contributed by atoms with van der Waals surface area (Å²) in [6.07, 6.45) is 0. The molecule has 0 spiro atoms. The summed E-state index contributed by atoms with van der Waals surface area (Å²) in [5.41, 5.74) is 1.65. The van der Waals surface area contributed by atoms with Crippen molar-refractivity contribution in [3.63, 3.8) is 0 Å². The van der Waals surface area contributed by atoms with Gasteiger partial charge in [0.15, 0.2) is 4.90 Å². The Morgan fingerprint density at radius 2 is 1.64 bits per heavy atom. The average Bonchev–Trinajstić information content (AvgIpc) is 3.46. The summed E-state index contributed by atoms with van der Waals surface area (Å²) < 4.78 is 27.9. The summed E-state index contributed by atoms with van der Waals surface area (Å²) in [5.74, 6) is -2.21. The molecule has 0 unspecified atom stereocenters. The van der Waals surface area contributed by atoms with Gasteiger partial charge in [-0.3, -0.25) is 24.7 Å². The Kier molecular flexibility index (Phi) is 11.2. The fourth-order valence-corrected chi connectivity index (χ4v) is 7.24. The van der Waals surface area contributed by atoms with Gasteiger partial charge in [0.25, 0.3) is 11.6 Å². The zero-order chi connectivity index (χ0) is 34.5. The monoisotopic (exact) mass is 686 g/mol. The third kappa shape index (κ3) is 8.24. The molecule has 2 amide bonds. The zero-order valence-corrected chi connectivity index (χ0v) is 27.6. The van der Waals surface area contributed by atoms with Gasteiger partial charge in [0.05, 0.1) is 34.3 Å². The van der Waals surface area contributed by atoms with E-state index in [1.807, 2.05) is 29.3 Å². The Labute approximate surface area is 277 Å². The molecule has 0 radical (unpaired) electrons. The van der Waals surface area contributed by atoms with Crippen LogP contribution in [0.15, 0.2) is 71.6 Å². The number of carboxylic acids is 1. The van der Waals surface area contributed by atoms with Crippen molar-refractivity contribution in [1.82, 2.24) is 19.6 Å². The van der Waals surface area contributed by atoms with E-state index >= 15 is 0 Å². The number of sulfonamides is 1. The number of fused-ring (bicyclic) bond motifs is 1. The summed E-state index contributed by atoms with van der Waals surface area (Å²) in [4.78, 5) is 50.1. The van der Waals surface area contributed by atoms with Crippen LogP contribution >= 0.6 is 11.6 Å². The predicted molar refractivity (Wildman–Crippen MR) is 174 cm³/mol. The number of aromatic carboxylic acids is 1. The van der Waals surface area contributed by atoms with Gasteiger partial charge in [-0.05, 0) is 49.2 Å². The number of amides is 2. The number of carboxylic acid groups (broad SMARTS) is 1. The fourth-order valence-electron chi connectivity index (χ4n) is 5.21. The molecule has 3 aromatic carbocycles. The maximum Gasteiger partial charge on any atom is 0.335 e. The highest BCUT2D eigenvalue weighted by molar-refractivity contribution is 7.89. The Balaban J connectivity index is 1.49. The van der Waals surface area contributed by atoms with Crippen molar-refractivity contribution < 1.29 is 32.8 Å². The smallest absolute Gasteiger partial charge is 0.335 e. The van der Waals surface area contributed by atoms with E-state index in [0.29, 0.717) is 13.1 Å². The molecule has 0 aliphatic carbocycles. The van der Waals surface area contributed by atoms with Crippen LogP contribution in [0.5, 0.6) is 0 Å². The number of hydrogen-bond donors (Lipinski definition) is 2. The molecule has 2 N–H and O–H groups in total. The van der Waals surface area contributed by atoms with E-state index in [1.54, 1.807) is 20.9 Å². The van der Waals surface area contributed by atoms with E-state index < -0.39 is 50.0 Å². The number of hydrazine groups is 1. The summed E-state index contributed by atoms with van der Waals surface area (Å²) in [7, 11) is -2.70. The summed E-state index contributed by atoms with van der Waals surface area (Å²) in [5, 5.41) is 27.1. The molecule has 4 rings (SSSR count). The minimum Gasteiger partial charge on any atom is -0.478 e. The molecule has 0 bridgehead atoms. The molecule has 0 aromatic heterocycles. The molecular weight excluding hydrogens is 652 g/mol. The number of nitrogens with zero attached hydrogens (tertiary/aromatic N) is 5. The Hall–Kier alpha value is -4.57. The number of nitro benzene ring substituents is 1. The van der Waals surface area contributed by atoms with Gasteiger partial charge in [0.2, 0.25) is 15.9 Å². The van der Waals surface area contributed by atoms with Gasteiger partial charge in [-0.25, -0.2) is 18.2 Å². The third-order valence-electron chi connectivity index (χ3n) is 7.68. The van der Waals surface area contributed by atoms with Crippen LogP contribution in [-0.2, 0) is 32.7 Å². The predicted octanol–water partition coefficient (Wildman–Crippen LogP) is 3.36. The first-order valence-corrected chi connectivity index (χ1v) is 16.4. The summed E-state index contributed by atoms with van der Waals surface area (Å²) in [6.45, 7) is 3.12. The Morgan fingerprint density at radius 3 is 2.23 bits per heavy atom. The van der Waals surface area contributed by atoms with Crippen molar-refractivity contribution in [2.45, 2.75) is 37.9 Å². The van der Waals surface area contributed by atoms with Crippen molar-refractivity contribution in [2.75, 3.05) is 38.1 Å². The second-order valence-electron chi connectivity index (χ2n) is 11.1. The van der Waals surface area contributed by atoms with Crippen LogP contribution in [0.1, 0.15) is 35.3 Å². The van der Waals surface area contributed by atoms with E-state index in [-0.39, 0.29) is 41.8 Å². The quantitative estimate of drug-likeness (QED) is 0.189. The molecule has 3 aromatic rings. The number of rotatable bonds is 14. The molecule has 47 heavy (non-hydrogen) atoms. The number of carbonyl (C=O) groups is 3. The number of para-hydroxylation sites is 1. The minimum atomic E-state index is -4.31. The van der Waals surface area contributed by atoms with Gasteiger partial charge < -0.3 is 15.3 Å². The van der Waals surface area contributed by atoms with E-state index in [1.165, 1.54) is 40.2 Å². The molecule has 0 saturated carbocycles. The van der Waals surface area contributed by atoms with Crippen LogP contribution in [0.2, 0.25) is 5.02 Å². The molecular formula is C31H35ClN6O8S. The van der Waals surface area contributed by atoms with Crippen molar-refractivity contribution >= 4 is 50.8 Å². The maximum absolute atomic E-state index is 13.5. The molecule has 0 fully saturated rings. The van der Waals surface area contributed by atoms with Gasteiger partial charge >= 0.3 is 5.97 Å². The van der Waals surface area contributed by atoms with Gasteiger partial charge in [-0.1, -0.05) is 48.0 Å². The normalized spacial score (nSPS) is 13.0. The van der Waals surface area contributed by atoms with Crippen LogP contribution in [0.4, 0.5) is 11.4 Å². The van der Waals surface area contributed by atoms with Gasteiger partial charge in [-0.15, -0.1) is 0 Å². The molecule has 16 heteroatoms. The molecule has 1 heterocycles. The summed E-state index contributed by atoms with van der Waals surface area (Å²) >= 11 is 6.43. The standard InChI is InChI=1S/C31H35ClN6O8S/c1-21(2)37(47(45,46)28-11-7-6-10-26(28)38(43)44)15-14-33-29(39)19-35(27-16-22(31(41)42)12-13-25(27)32)20-30(40)34(3)36-17-23-8-4-5-9-24(23)18-36/h4-13,16,21H,14-15,17-20H2,1-3H3,(H,33,39)(H,41,42). The lowest BCUT2D eigenvalue weighted by Crippen LogP contribution is -2.48. The number of anilines is 1. The first-order valence-electron chi connectivity index (χ1n) is 14.6. The van der Waals surface area contributed by atoms with Crippen molar-refractivity contribution in [3.05, 3.63) is 98.6 Å². The van der Waals surface area contributed by atoms with Crippen molar-refractivity contribution in [1.29, 1.82) is 0 Å². The van der Waals surface area contributed by atoms with E-state index in [0.717, 1.165) is 27.6 Å². The minimum absolute atomic E-state index is 0.0987. The van der Waals surface area contributed by atoms with Crippen molar-refractivity contribution in [2.24, 2.45) is 0 Å². The fraction of sp³-hybridized carbons (Fsp3) is 0.323. The highest BCUT2D eigenvalue weighted by Crippen LogP contribution is 2.29. The van der Waals surface area contributed by atoms with Gasteiger partial charge in [-0.2, -0.15) is 4.31 Å². The SMILES string of the molecule is CC(C)N(CCNC(=O)CN(CC(=O)N(C)N1Cc2ccccc2C1)c1cc(C(=O)O)ccc1Cl)S(=O)(=O)c1ccccc1[N+](=O)[O-]. The number of likely N-dealkylation sites (N-methyl/N-ethyl adjacent to an activating group) is 1. The number of benzene rings is 3. The maximum atomic E-state index is 13.5. The highest BCUT2D eigenvalue weighted by Gasteiger charge is 2.33. The topological polar surface area (TPSA) is 174 Å². The molecule has 0 atom stereocenters. The molecule has 0 saturated heterocycles. The number of carbonyl (C=O) groups excluding carboxylic acids is 2. The van der Waals surface area contributed by atoms with E-state index in [9.17, 15) is 38.0 Å².